The average molecular weight is 555 g/mol. The van der Waals surface area contributed by atoms with Gasteiger partial charge in [0.1, 0.15) is 41.7 Å². The van der Waals surface area contributed by atoms with Crippen LogP contribution in [0.25, 0.3) is 0 Å². The summed E-state index contributed by atoms with van der Waals surface area (Å²) in [6.07, 6.45) is -8.70. The van der Waals surface area contributed by atoms with E-state index in [2.05, 4.69) is 0 Å². The molecule has 0 aliphatic carbocycles. The molecule has 0 saturated carbocycles. The SMILES string of the molecule is COc1cc([C@H]2OC[C@](O)(Cc3ccc(O[C@@H]4O[C@H](CO)[C@@H](O)[C@H](O)[C@H]4O)c(OC)c3)[C@]2(O)CO)ccc1O. The molecule has 8 N–H and O–H groups in total. The van der Waals surface area contributed by atoms with Crippen molar-refractivity contribution >= 4 is 0 Å². The molecule has 2 aliphatic heterocycles. The molecule has 2 aromatic rings. The predicted molar refractivity (Wildman–Crippen MR) is 131 cm³/mol. The Bertz CT molecular complexity index is 1140. The average Bonchev–Trinajstić information content (AvgIpc) is 3.19. The Morgan fingerprint density at radius 2 is 1.62 bits per heavy atom. The molecule has 0 bridgehead atoms. The summed E-state index contributed by atoms with van der Waals surface area (Å²) in [6, 6.07) is 8.80. The van der Waals surface area contributed by atoms with E-state index in [9.17, 15) is 40.9 Å². The summed E-state index contributed by atoms with van der Waals surface area (Å²) in [6.45, 7) is -1.79. The minimum Gasteiger partial charge on any atom is -0.504 e. The molecule has 0 spiro atoms. The number of hydrogen-bond donors (Lipinski definition) is 8. The van der Waals surface area contributed by atoms with Gasteiger partial charge in [0.25, 0.3) is 0 Å². The molecular formula is C26H34O13. The Labute approximate surface area is 224 Å². The van der Waals surface area contributed by atoms with Gasteiger partial charge in [-0.1, -0.05) is 12.1 Å². The minimum atomic E-state index is -2.13. The molecule has 2 aliphatic rings. The molecular weight excluding hydrogens is 520 g/mol. The van der Waals surface area contributed by atoms with E-state index < -0.39 is 61.2 Å². The first kappa shape index (κ1) is 29.3. The Kier molecular flexibility index (Phi) is 8.56. The number of phenols is 1. The van der Waals surface area contributed by atoms with Crippen LogP contribution in [0.2, 0.25) is 0 Å². The summed E-state index contributed by atoms with van der Waals surface area (Å²) < 4.78 is 27.3. The van der Waals surface area contributed by atoms with Crippen molar-refractivity contribution in [2.45, 2.75) is 54.4 Å². The molecule has 2 aromatic carbocycles. The lowest BCUT2D eigenvalue weighted by Crippen LogP contribution is -2.60. The molecule has 4 rings (SSSR count). The zero-order valence-corrected chi connectivity index (χ0v) is 21.4. The van der Waals surface area contributed by atoms with Crippen LogP contribution in [-0.4, -0.2) is 117 Å². The molecule has 0 aromatic heterocycles. The van der Waals surface area contributed by atoms with Crippen LogP contribution in [-0.2, 0) is 15.9 Å². The molecule has 13 nitrogen and oxygen atoms in total. The van der Waals surface area contributed by atoms with E-state index in [1.807, 2.05) is 0 Å². The van der Waals surface area contributed by atoms with Crippen molar-refractivity contribution in [3.63, 3.8) is 0 Å². The number of hydrogen-bond acceptors (Lipinski definition) is 13. The molecule has 8 atom stereocenters. The number of methoxy groups -OCH3 is 2. The molecule has 2 heterocycles. The van der Waals surface area contributed by atoms with Crippen LogP contribution in [0.5, 0.6) is 23.0 Å². The van der Waals surface area contributed by atoms with Crippen molar-refractivity contribution in [2.24, 2.45) is 0 Å². The molecule has 216 valence electrons. The summed E-state index contributed by atoms with van der Waals surface area (Å²) in [4.78, 5) is 0. The van der Waals surface area contributed by atoms with Crippen LogP contribution in [0.3, 0.4) is 0 Å². The fourth-order valence-corrected chi connectivity index (χ4v) is 4.94. The maximum absolute atomic E-state index is 11.5. The van der Waals surface area contributed by atoms with E-state index in [1.54, 1.807) is 6.07 Å². The van der Waals surface area contributed by atoms with Gasteiger partial charge in [0.2, 0.25) is 6.29 Å². The highest BCUT2D eigenvalue weighted by molar-refractivity contribution is 5.45. The summed E-state index contributed by atoms with van der Waals surface area (Å²) in [7, 11) is 2.71. The van der Waals surface area contributed by atoms with Crippen LogP contribution in [0.1, 0.15) is 17.2 Å². The summed E-state index contributed by atoms with van der Waals surface area (Å²) in [5, 5.41) is 82.7. The topological polar surface area (TPSA) is 208 Å². The Hall–Kier alpha value is -2.72. The normalized spacial score (nSPS) is 34.6. The fraction of sp³-hybridized carbons (Fsp3) is 0.538. The molecule has 0 unspecified atom stereocenters. The highest BCUT2D eigenvalue weighted by Gasteiger charge is 2.60. The number of benzene rings is 2. The molecule has 2 fully saturated rings. The molecule has 0 radical (unpaired) electrons. The summed E-state index contributed by atoms with van der Waals surface area (Å²) in [5.74, 6) is 0.248. The van der Waals surface area contributed by atoms with Gasteiger partial charge < -0.3 is 64.5 Å². The van der Waals surface area contributed by atoms with E-state index in [0.717, 1.165) is 0 Å². The number of aliphatic hydroxyl groups excluding tert-OH is 5. The highest BCUT2D eigenvalue weighted by atomic mass is 16.7. The summed E-state index contributed by atoms with van der Waals surface area (Å²) >= 11 is 0. The number of aromatic hydroxyl groups is 1. The van der Waals surface area contributed by atoms with Gasteiger partial charge in [0.15, 0.2) is 23.0 Å². The lowest BCUT2D eigenvalue weighted by Gasteiger charge is -2.39. The van der Waals surface area contributed by atoms with E-state index >= 15 is 0 Å². The van der Waals surface area contributed by atoms with Crippen LogP contribution in [0, 0.1) is 0 Å². The van der Waals surface area contributed by atoms with Gasteiger partial charge in [0.05, 0.1) is 34.0 Å². The second kappa shape index (κ2) is 11.4. The van der Waals surface area contributed by atoms with Crippen LogP contribution < -0.4 is 14.2 Å². The highest BCUT2D eigenvalue weighted by Crippen LogP contribution is 2.47. The lowest BCUT2D eigenvalue weighted by atomic mass is 9.76. The molecule has 13 heteroatoms. The van der Waals surface area contributed by atoms with E-state index in [-0.39, 0.29) is 36.0 Å². The molecule has 0 amide bonds. The minimum absolute atomic E-state index is 0.0896. The fourth-order valence-electron chi connectivity index (χ4n) is 4.94. The van der Waals surface area contributed by atoms with Crippen molar-refractivity contribution in [1.82, 2.24) is 0 Å². The third kappa shape index (κ3) is 5.25. The van der Waals surface area contributed by atoms with Crippen LogP contribution in [0.4, 0.5) is 0 Å². The molecule has 2 saturated heterocycles. The zero-order chi connectivity index (χ0) is 28.5. The maximum atomic E-state index is 11.5. The first-order valence-electron chi connectivity index (χ1n) is 12.2. The number of aliphatic hydroxyl groups is 7. The first-order valence-corrected chi connectivity index (χ1v) is 12.2. The van der Waals surface area contributed by atoms with Gasteiger partial charge in [-0.2, -0.15) is 0 Å². The Morgan fingerprint density at radius 1 is 0.897 bits per heavy atom. The first-order chi connectivity index (χ1) is 18.5. The van der Waals surface area contributed by atoms with Crippen molar-refractivity contribution in [1.29, 1.82) is 0 Å². The number of phenolic OH excluding ortho intramolecular Hbond substituents is 1. The zero-order valence-electron chi connectivity index (χ0n) is 21.4. The third-order valence-electron chi connectivity index (χ3n) is 7.29. The monoisotopic (exact) mass is 554 g/mol. The van der Waals surface area contributed by atoms with E-state index in [4.69, 9.17) is 23.7 Å². The van der Waals surface area contributed by atoms with Gasteiger partial charge in [-0.3, -0.25) is 0 Å². The van der Waals surface area contributed by atoms with Crippen molar-refractivity contribution in [3.8, 4) is 23.0 Å². The van der Waals surface area contributed by atoms with Gasteiger partial charge in [-0.25, -0.2) is 0 Å². The predicted octanol–water partition coefficient (Wildman–Crippen LogP) is -1.64. The van der Waals surface area contributed by atoms with Crippen LogP contribution >= 0.6 is 0 Å². The second-order valence-corrected chi connectivity index (χ2v) is 9.71. The van der Waals surface area contributed by atoms with E-state index in [1.165, 1.54) is 44.6 Å². The van der Waals surface area contributed by atoms with Gasteiger partial charge in [-0.05, 0) is 35.4 Å². The van der Waals surface area contributed by atoms with E-state index in [0.29, 0.717) is 11.1 Å². The third-order valence-corrected chi connectivity index (χ3v) is 7.29. The standard InChI is InChI=1S/C26H34O13/c1-35-17-8-14(4-5-15(17)29)23-26(34,11-28)25(33,12-37-23)9-13-3-6-16(18(7-13)36-2)38-24-22(32)21(31)20(30)19(10-27)39-24/h3-8,19-24,27-34H,9-12H2,1-2H3/t19-,20-,21+,22-,23-,24-,25-,26+/m1/s1. The summed E-state index contributed by atoms with van der Waals surface area (Å²) in [5.41, 5.74) is -3.23. The van der Waals surface area contributed by atoms with Gasteiger partial charge >= 0.3 is 0 Å². The molecule has 39 heavy (non-hydrogen) atoms. The Morgan fingerprint density at radius 3 is 2.26 bits per heavy atom. The van der Waals surface area contributed by atoms with Gasteiger partial charge in [0, 0.05) is 6.42 Å². The van der Waals surface area contributed by atoms with Crippen LogP contribution in [0.15, 0.2) is 36.4 Å². The van der Waals surface area contributed by atoms with Gasteiger partial charge in [-0.15, -0.1) is 0 Å². The largest absolute Gasteiger partial charge is 0.504 e. The number of ether oxygens (including phenoxy) is 5. The maximum Gasteiger partial charge on any atom is 0.229 e. The second-order valence-electron chi connectivity index (χ2n) is 9.71. The van der Waals surface area contributed by atoms with Crippen molar-refractivity contribution < 1.29 is 64.5 Å². The lowest BCUT2D eigenvalue weighted by molar-refractivity contribution is -0.277. The quantitative estimate of drug-likeness (QED) is 0.175. The number of rotatable bonds is 9. The van der Waals surface area contributed by atoms with Crippen molar-refractivity contribution in [2.75, 3.05) is 34.0 Å². The van der Waals surface area contributed by atoms with Crippen molar-refractivity contribution in [3.05, 3.63) is 47.5 Å². The smallest absolute Gasteiger partial charge is 0.229 e. The Balaban J connectivity index is 1.56.